The second kappa shape index (κ2) is 3.57. The Morgan fingerprint density at radius 1 is 1.50 bits per heavy atom. The first-order chi connectivity index (χ1) is 4.67. The van der Waals surface area contributed by atoms with Crippen molar-refractivity contribution in [2.24, 2.45) is 0 Å². The van der Waals surface area contributed by atoms with Crippen LogP contribution in [0, 0.1) is 0 Å². The highest BCUT2D eigenvalue weighted by atomic mass is 32.9. The summed E-state index contributed by atoms with van der Waals surface area (Å²) in [5, 5.41) is 0. The van der Waals surface area contributed by atoms with Crippen LogP contribution >= 0.6 is 17.7 Å². The van der Waals surface area contributed by atoms with E-state index in [1.54, 1.807) is 7.11 Å². The standard InChI is InChI=1S/C6H13OPS2/c1-7-8(9,10)6-4-2-3-5-6/h6H,2-5H2,1H3,(H,9,10). The van der Waals surface area contributed by atoms with Gasteiger partial charge in [-0.2, -0.15) is 0 Å². The highest BCUT2D eigenvalue weighted by Gasteiger charge is 2.27. The summed E-state index contributed by atoms with van der Waals surface area (Å²) in [4.78, 5) is 0. The lowest BCUT2D eigenvalue weighted by Gasteiger charge is -2.19. The van der Waals surface area contributed by atoms with Gasteiger partial charge in [0.2, 0.25) is 0 Å². The Labute approximate surface area is 72.8 Å². The monoisotopic (exact) mass is 196 g/mol. The zero-order chi connectivity index (χ0) is 7.61. The molecule has 0 aromatic carbocycles. The van der Waals surface area contributed by atoms with Gasteiger partial charge in [0, 0.05) is 12.8 Å². The fraction of sp³-hybridized carbons (Fsp3) is 1.00. The van der Waals surface area contributed by atoms with E-state index in [1.807, 2.05) is 0 Å². The van der Waals surface area contributed by atoms with Crippen molar-refractivity contribution >= 4 is 29.5 Å². The minimum atomic E-state index is -1.69. The third-order valence-electron chi connectivity index (χ3n) is 2.05. The molecule has 0 aromatic rings. The Hall–Kier alpha value is 0.960. The fourth-order valence-electron chi connectivity index (χ4n) is 1.38. The molecule has 10 heavy (non-hydrogen) atoms. The van der Waals surface area contributed by atoms with Gasteiger partial charge in [-0.15, -0.1) is 12.2 Å². The van der Waals surface area contributed by atoms with Gasteiger partial charge >= 0.3 is 0 Å². The Morgan fingerprint density at radius 3 is 2.40 bits per heavy atom. The predicted octanol–water partition coefficient (Wildman–Crippen LogP) is 2.81. The first kappa shape index (κ1) is 9.05. The van der Waals surface area contributed by atoms with Crippen molar-refractivity contribution in [1.29, 1.82) is 0 Å². The fourth-order valence-corrected chi connectivity index (χ4v) is 4.02. The molecule has 0 radical (unpaired) electrons. The predicted molar refractivity (Wildman–Crippen MR) is 52.5 cm³/mol. The largest absolute Gasteiger partial charge is 0.345 e. The second-order valence-corrected chi connectivity index (χ2v) is 9.13. The Bertz CT molecular complexity index is 154. The highest BCUT2D eigenvalue weighted by Crippen LogP contribution is 2.60. The molecule has 1 atom stereocenters. The van der Waals surface area contributed by atoms with Crippen LogP contribution in [0.4, 0.5) is 0 Å². The minimum absolute atomic E-state index is 0.593. The molecule has 0 saturated heterocycles. The van der Waals surface area contributed by atoms with Crippen LogP contribution in [0.1, 0.15) is 25.7 Å². The smallest absolute Gasteiger partial charge is 0.119 e. The summed E-state index contributed by atoms with van der Waals surface area (Å²) in [6.07, 6.45) is 5.09. The van der Waals surface area contributed by atoms with Crippen molar-refractivity contribution in [3.63, 3.8) is 0 Å². The van der Waals surface area contributed by atoms with Gasteiger partial charge < -0.3 is 4.52 Å². The summed E-state index contributed by atoms with van der Waals surface area (Å²) in [6.45, 7) is 0. The summed E-state index contributed by atoms with van der Waals surface area (Å²) in [5.41, 5.74) is -1.10. The molecule has 0 N–H and O–H groups in total. The lowest BCUT2D eigenvalue weighted by molar-refractivity contribution is 0.462. The molecule has 1 saturated carbocycles. The highest BCUT2D eigenvalue weighted by molar-refractivity contribution is 8.62. The topological polar surface area (TPSA) is 9.23 Å². The Morgan fingerprint density at radius 2 is 2.00 bits per heavy atom. The molecule has 1 aliphatic carbocycles. The Kier molecular flexibility index (Phi) is 3.23. The number of hydrogen-bond acceptors (Lipinski definition) is 2. The molecule has 1 unspecified atom stereocenters. The molecule has 0 aliphatic heterocycles. The number of hydrogen-bond donors (Lipinski definition) is 1. The van der Waals surface area contributed by atoms with Crippen LogP contribution in [0.3, 0.4) is 0 Å². The zero-order valence-corrected chi connectivity index (χ0v) is 8.72. The van der Waals surface area contributed by atoms with Gasteiger partial charge in [0.15, 0.2) is 0 Å². The van der Waals surface area contributed by atoms with Crippen molar-refractivity contribution < 1.29 is 4.52 Å². The molecule has 0 heterocycles. The van der Waals surface area contributed by atoms with Crippen LogP contribution in [0.5, 0.6) is 0 Å². The van der Waals surface area contributed by atoms with Crippen LogP contribution < -0.4 is 0 Å². The molecule has 0 bridgehead atoms. The summed E-state index contributed by atoms with van der Waals surface area (Å²) in [6, 6.07) is 0. The molecule has 60 valence electrons. The number of thiol groups is 1. The van der Waals surface area contributed by atoms with Crippen molar-refractivity contribution in [2.75, 3.05) is 7.11 Å². The van der Waals surface area contributed by atoms with Gasteiger partial charge in [0.25, 0.3) is 0 Å². The van der Waals surface area contributed by atoms with Crippen LogP contribution in [0.15, 0.2) is 0 Å². The second-order valence-electron chi connectivity index (χ2n) is 2.68. The van der Waals surface area contributed by atoms with Gasteiger partial charge in [-0.05, 0) is 12.8 Å². The summed E-state index contributed by atoms with van der Waals surface area (Å²) in [7, 11) is 1.69. The number of rotatable bonds is 2. The van der Waals surface area contributed by atoms with Crippen molar-refractivity contribution in [1.82, 2.24) is 0 Å². The summed E-state index contributed by atoms with van der Waals surface area (Å²) >= 11 is 9.64. The molecular formula is C6H13OPS2. The van der Waals surface area contributed by atoms with Crippen LogP contribution in [0.25, 0.3) is 0 Å². The molecule has 1 aliphatic rings. The maximum Gasteiger partial charge on any atom is 0.119 e. The molecule has 0 amide bonds. The van der Waals surface area contributed by atoms with E-state index < -0.39 is 5.47 Å². The normalized spacial score (nSPS) is 26.6. The molecule has 0 spiro atoms. The third-order valence-corrected chi connectivity index (χ3v) is 6.82. The third kappa shape index (κ3) is 1.97. The first-order valence-electron chi connectivity index (χ1n) is 3.55. The van der Waals surface area contributed by atoms with Crippen LogP contribution in [-0.4, -0.2) is 12.8 Å². The summed E-state index contributed by atoms with van der Waals surface area (Å²) in [5.74, 6) is 0. The SMILES string of the molecule is COP(=S)(S)C1CCCC1. The van der Waals surface area contributed by atoms with Crippen LogP contribution in [0.2, 0.25) is 0 Å². The van der Waals surface area contributed by atoms with E-state index in [0.29, 0.717) is 5.66 Å². The molecule has 4 heteroatoms. The van der Waals surface area contributed by atoms with E-state index in [0.717, 1.165) is 0 Å². The van der Waals surface area contributed by atoms with Crippen LogP contribution in [-0.2, 0) is 16.3 Å². The van der Waals surface area contributed by atoms with Crippen molar-refractivity contribution in [3.8, 4) is 0 Å². The average Bonchev–Trinajstić information content (AvgIpc) is 2.38. The zero-order valence-electron chi connectivity index (χ0n) is 6.12. The quantitative estimate of drug-likeness (QED) is 0.537. The first-order valence-corrected chi connectivity index (χ1v) is 7.49. The Balaban J connectivity index is 2.54. The maximum atomic E-state index is 5.26. The van der Waals surface area contributed by atoms with Gasteiger partial charge in [-0.3, -0.25) is 0 Å². The van der Waals surface area contributed by atoms with Gasteiger partial charge in [-0.25, -0.2) is 0 Å². The van der Waals surface area contributed by atoms with E-state index in [4.69, 9.17) is 16.3 Å². The van der Waals surface area contributed by atoms with E-state index in [1.165, 1.54) is 25.7 Å². The van der Waals surface area contributed by atoms with Gasteiger partial charge in [-0.1, -0.05) is 24.6 Å². The molecule has 1 rings (SSSR count). The maximum absolute atomic E-state index is 5.26. The van der Waals surface area contributed by atoms with E-state index in [2.05, 4.69) is 12.2 Å². The summed E-state index contributed by atoms with van der Waals surface area (Å²) < 4.78 is 5.21. The lowest BCUT2D eigenvalue weighted by atomic mass is 10.4. The van der Waals surface area contributed by atoms with Gasteiger partial charge in [0.1, 0.15) is 5.47 Å². The van der Waals surface area contributed by atoms with Crippen molar-refractivity contribution in [2.45, 2.75) is 31.3 Å². The molecule has 1 fully saturated rings. The minimum Gasteiger partial charge on any atom is -0.345 e. The van der Waals surface area contributed by atoms with E-state index in [9.17, 15) is 0 Å². The van der Waals surface area contributed by atoms with Gasteiger partial charge in [0.05, 0.1) is 0 Å². The average molecular weight is 196 g/mol. The lowest BCUT2D eigenvalue weighted by Crippen LogP contribution is -1.98. The van der Waals surface area contributed by atoms with E-state index >= 15 is 0 Å². The van der Waals surface area contributed by atoms with Crippen molar-refractivity contribution in [3.05, 3.63) is 0 Å². The molecular weight excluding hydrogens is 183 g/mol. The molecule has 0 aromatic heterocycles. The van der Waals surface area contributed by atoms with E-state index in [-0.39, 0.29) is 0 Å². The molecule has 1 nitrogen and oxygen atoms in total.